The summed E-state index contributed by atoms with van der Waals surface area (Å²) < 4.78 is 5.16. The number of hydrogen-bond donors (Lipinski definition) is 2. The maximum atomic E-state index is 12.0. The zero-order valence-electron chi connectivity index (χ0n) is 12.5. The first-order chi connectivity index (χ1) is 9.47. The average Bonchev–Trinajstić information content (AvgIpc) is 3.09. The Bertz CT molecular complexity index is 478. The van der Waals surface area contributed by atoms with Crippen molar-refractivity contribution in [3.05, 3.63) is 10.9 Å². The Kier molecular flexibility index (Phi) is 4.70. The second kappa shape index (κ2) is 6.14. The molecule has 0 amide bonds. The normalized spacial score (nSPS) is 16.4. The number of anilines is 2. The summed E-state index contributed by atoms with van der Waals surface area (Å²) in [6.45, 7) is 5.55. The number of rotatable bonds is 8. The van der Waals surface area contributed by atoms with Crippen LogP contribution in [0.25, 0.3) is 0 Å². The highest BCUT2D eigenvalue weighted by Gasteiger charge is 2.41. The standard InChI is InChI=1S/C15H24N2O2S/c1-10(2)13(18)14-11(16)8-12(20-14)17-9-15(4-5-15)6-7-19-3/h8,10,17H,4-7,9,16H2,1-3H3. The molecule has 1 saturated carbocycles. The molecule has 1 heterocycles. The zero-order valence-corrected chi connectivity index (χ0v) is 13.3. The highest BCUT2D eigenvalue weighted by atomic mass is 32.1. The van der Waals surface area contributed by atoms with Gasteiger partial charge in [0, 0.05) is 26.2 Å². The molecule has 0 bridgehead atoms. The molecule has 0 saturated heterocycles. The molecule has 1 aliphatic rings. The van der Waals surface area contributed by atoms with Crippen LogP contribution in [0.3, 0.4) is 0 Å². The molecule has 0 aliphatic heterocycles. The van der Waals surface area contributed by atoms with Gasteiger partial charge in [0.1, 0.15) is 0 Å². The summed E-state index contributed by atoms with van der Waals surface area (Å²) >= 11 is 1.47. The third-order valence-corrected chi connectivity index (χ3v) is 5.06. The number of thiophene rings is 1. The minimum absolute atomic E-state index is 0.0136. The molecule has 0 aromatic carbocycles. The van der Waals surface area contributed by atoms with E-state index in [1.807, 2.05) is 19.9 Å². The fourth-order valence-corrected chi connectivity index (χ4v) is 3.30. The van der Waals surface area contributed by atoms with Gasteiger partial charge in [0.25, 0.3) is 0 Å². The van der Waals surface area contributed by atoms with Gasteiger partial charge in [-0.1, -0.05) is 13.8 Å². The number of hydrogen-bond acceptors (Lipinski definition) is 5. The molecule has 1 aromatic rings. The molecular formula is C15H24N2O2S. The van der Waals surface area contributed by atoms with E-state index in [0.29, 0.717) is 16.0 Å². The van der Waals surface area contributed by atoms with Crippen LogP contribution < -0.4 is 11.1 Å². The number of Topliss-reactive ketones (excluding diaryl/α,β-unsaturated/α-hetero) is 1. The lowest BCUT2D eigenvalue weighted by Crippen LogP contribution is -2.16. The molecule has 3 N–H and O–H groups in total. The Balaban J connectivity index is 1.94. The number of nitrogens with one attached hydrogen (secondary N) is 1. The highest BCUT2D eigenvalue weighted by molar-refractivity contribution is 7.18. The summed E-state index contributed by atoms with van der Waals surface area (Å²) in [7, 11) is 1.74. The Labute approximate surface area is 124 Å². The SMILES string of the molecule is COCCC1(CNc2cc(N)c(C(=O)C(C)C)s2)CC1. The minimum Gasteiger partial charge on any atom is -0.397 e. The van der Waals surface area contributed by atoms with Crippen LogP contribution in [-0.2, 0) is 4.74 Å². The van der Waals surface area contributed by atoms with E-state index in [9.17, 15) is 4.79 Å². The van der Waals surface area contributed by atoms with Crippen LogP contribution in [0.5, 0.6) is 0 Å². The van der Waals surface area contributed by atoms with Crippen molar-refractivity contribution in [2.45, 2.75) is 33.1 Å². The lowest BCUT2D eigenvalue weighted by atomic mass is 10.0. The summed E-state index contributed by atoms with van der Waals surface area (Å²) in [6, 6.07) is 1.88. The van der Waals surface area contributed by atoms with Gasteiger partial charge in [-0.3, -0.25) is 4.79 Å². The van der Waals surface area contributed by atoms with Crippen molar-refractivity contribution in [3.63, 3.8) is 0 Å². The first-order valence-electron chi connectivity index (χ1n) is 7.14. The van der Waals surface area contributed by atoms with Crippen LogP contribution in [0.2, 0.25) is 0 Å². The number of nitrogen functional groups attached to an aromatic ring is 1. The van der Waals surface area contributed by atoms with Crippen LogP contribution in [0.15, 0.2) is 6.07 Å². The van der Waals surface area contributed by atoms with Crippen molar-refractivity contribution in [2.75, 3.05) is 31.3 Å². The maximum Gasteiger partial charge on any atom is 0.177 e. The van der Waals surface area contributed by atoms with E-state index in [-0.39, 0.29) is 11.7 Å². The quantitative estimate of drug-likeness (QED) is 0.722. The maximum absolute atomic E-state index is 12.0. The van der Waals surface area contributed by atoms with Gasteiger partial charge in [-0.05, 0) is 30.7 Å². The molecule has 4 nitrogen and oxygen atoms in total. The van der Waals surface area contributed by atoms with Crippen molar-refractivity contribution >= 4 is 27.8 Å². The van der Waals surface area contributed by atoms with Gasteiger partial charge in [0.15, 0.2) is 5.78 Å². The molecule has 0 atom stereocenters. The van der Waals surface area contributed by atoms with Crippen LogP contribution in [0, 0.1) is 11.3 Å². The van der Waals surface area contributed by atoms with Gasteiger partial charge in [-0.2, -0.15) is 0 Å². The van der Waals surface area contributed by atoms with E-state index in [2.05, 4.69) is 5.32 Å². The van der Waals surface area contributed by atoms with Gasteiger partial charge in [0.05, 0.1) is 15.6 Å². The molecule has 1 fully saturated rings. The molecule has 5 heteroatoms. The van der Waals surface area contributed by atoms with Gasteiger partial charge < -0.3 is 15.8 Å². The second-order valence-corrected chi connectivity index (χ2v) is 7.06. The summed E-state index contributed by atoms with van der Waals surface area (Å²) in [6.07, 6.45) is 3.60. The van der Waals surface area contributed by atoms with Gasteiger partial charge in [-0.25, -0.2) is 0 Å². The number of ether oxygens (including phenoxy) is 1. The summed E-state index contributed by atoms with van der Waals surface area (Å²) in [5, 5.41) is 4.44. The third-order valence-electron chi connectivity index (χ3n) is 3.94. The Morgan fingerprint density at radius 3 is 2.80 bits per heavy atom. The van der Waals surface area contributed by atoms with E-state index >= 15 is 0 Å². The van der Waals surface area contributed by atoms with E-state index < -0.39 is 0 Å². The van der Waals surface area contributed by atoms with Gasteiger partial charge in [-0.15, -0.1) is 11.3 Å². The van der Waals surface area contributed by atoms with Crippen molar-refractivity contribution in [2.24, 2.45) is 11.3 Å². The largest absolute Gasteiger partial charge is 0.397 e. The lowest BCUT2D eigenvalue weighted by molar-refractivity contribution is 0.0944. The lowest BCUT2D eigenvalue weighted by Gasteiger charge is -2.15. The Hall–Kier alpha value is -1.07. The number of ketones is 1. The fourth-order valence-electron chi connectivity index (χ4n) is 2.23. The molecule has 1 aromatic heterocycles. The Morgan fingerprint density at radius 1 is 1.55 bits per heavy atom. The van der Waals surface area contributed by atoms with Crippen molar-refractivity contribution in [1.29, 1.82) is 0 Å². The van der Waals surface area contributed by atoms with Crippen molar-refractivity contribution in [1.82, 2.24) is 0 Å². The topological polar surface area (TPSA) is 64.3 Å². The molecule has 0 radical (unpaired) electrons. The Morgan fingerprint density at radius 2 is 2.25 bits per heavy atom. The van der Waals surface area contributed by atoms with E-state index in [1.54, 1.807) is 7.11 Å². The number of methoxy groups -OCH3 is 1. The average molecular weight is 296 g/mol. The highest BCUT2D eigenvalue weighted by Crippen LogP contribution is 2.49. The smallest absolute Gasteiger partial charge is 0.177 e. The van der Waals surface area contributed by atoms with E-state index in [4.69, 9.17) is 10.5 Å². The summed E-state index contributed by atoms with van der Waals surface area (Å²) in [5.41, 5.74) is 6.93. The number of carbonyl (C=O) groups is 1. The molecule has 2 rings (SSSR count). The van der Waals surface area contributed by atoms with Crippen LogP contribution >= 0.6 is 11.3 Å². The zero-order chi connectivity index (χ0) is 14.8. The molecule has 112 valence electrons. The van der Waals surface area contributed by atoms with Gasteiger partial charge >= 0.3 is 0 Å². The van der Waals surface area contributed by atoms with Crippen LogP contribution in [0.1, 0.15) is 42.8 Å². The van der Waals surface area contributed by atoms with E-state index in [0.717, 1.165) is 24.6 Å². The van der Waals surface area contributed by atoms with Gasteiger partial charge in [0.2, 0.25) is 0 Å². The number of carbonyl (C=O) groups excluding carboxylic acids is 1. The van der Waals surface area contributed by atoms with Crippen molar-refractivity contribution < 1.29 is 9.53 Å². The molecular weight excluding hydrogens is 272 g/mol. The first-order valence-corrected chi connectivity index (χ1v) is 7.95. The van der Waals surface area contributed by atoms with Crippen molar-refractivity contribution in [3.8, 4) is 0 Å². The predicted molar refractivity (Wildman–Crippen MR) is 84.5 cm³/mol. The second-order valence-electron chi connectivity index (χ2n) is 6.01. The number of nitrogens with two attached hydrogens (primary N) is 1. The molecule has 20 heavy (non-hydrogen) atoms. The minimum atomic E-state index is -0.0136. The predicted octanol–water partition coefficient (Wildman–Crippen LogP) is 3.40. The molecule has 0 spiro atoms. The van der Waals surface area contributed by atoms with Crippen LogP contribution in [0.4, 0.5) is 10.7 Å². The fraction of sp³-hybridized carbons (Fsp3) is 0.667. The monoisotopic (exact) mass is 296 g/mol. The molecule has 1 aliphatic carbocycles. The van der Waals surface area contributed by atoms with E-state index in [1.165, 1.54) is 24.2 Å². The first kappa shape index (κ1) is 15.3. The third kappa shape index (κ3) is 3.52. The molecule has 0 unspecified atom stereocenters. The van der Waals surface area contributed by atoms with Crippen LogP contribution in [-0.4, -0.2) is 26.0 Å². The summed E-state index contributed by atoms with van der Waals surface area (Å²) in [5.74, 6) is 0.112. The summed E-state index contributed by atoms with van der Waals surface area (Å²) in [4.78, 5) is 12.7.